The van der Waals surface area contributed by atoms with Crippen LogP contribution in [0.5, 0.6) is 0 Å². The van der Waals surface area contributed by atoms with Crippen LogP contribution in [0.4, 0.5) is 0 Å². The number of aryl methyl sites for hydroxylation is 1. The maximum absolute atomic E-state index is 12.0. The Morgan fingerprint density at radius 3 is 2.06 bits per heavy atom. The minimum Gasteiger partial charge on any atom is -0.392 e. The van der Waals surface area contributed by atoms with Crippen molar-refractivity contribution in [2.75, 3.05) is 5.75 Å². The predicted molar refractivity (Wildman–Crippen MR) is 68.7 cm³/mol. The van der Waals surface area contributed by atoms with Gasteiger partial charge < -0.3 is 5.11 Å². The molecule has 0 saturated heterocycles. The molecule has 0 spiro atoms. The van der Waals surface area contributed by atoms with Crippen LogP contribution in [0.3, 0.4) is 0 Å². The Morgan fingerprint density at radius 1 is 1.18 bits per heavy atom. The predicted octanol–water partition coefficient (Wildman–Crippen LogP) is 2.18. The average molecular weight is 256 g/mol. The molecular formula is C13H20O3S. The highest BCUT2D eigenvalue weighted by molar-refractivity contribution is 7.91. The van der Waals surface area contributed by atoms with Gasteiger partial charge in [-0.1, -0.05) is 38.5 Å². The first kappa shape index (κ1) is 14.2. The fourth-order valence-corrected chi connectivity index (χ4v) is 2.96. The van der Waals surface area contributed by atoms with Gasteiger partial charge in [0.2, 0.25) is 0 Å². The Hall–Kier alpha value is -0.870. The van der Waals surface area contributed by atoms with E-state index in [1.807, 2.05) is 27.7 Å². The van der Waals surface area contributed by atoms with Crippen molar-refractivity contribution in [3.63, 3.8) is 0 Å². The van der Waals surface area contributed by atoms with Crippen molar-refractivity contribution in [1.29, 1.82) is 0 Å². The summed E-state index contributed by atoms with van der Waals surface area (Å²) in [5, 5.41) is 9.86. The molecule has 3 nitrogen and oxygen atoms in total. The number of hydrogen-bond acceptors (Lipinski definition) is 3. The summed E-state index contributed by atoms with van der Waals surface area (Å²) in [6, 6.07) is 6.69. The van der Waals surface area contributed by atoms with E-state index in [0.717, 1.165) is 5.56 Å². The smallest absolute Gasteiger partial charge is 0.180 e. The molecule has 0 heterocycles. The van der Waals surface area contributed by atoms with E-state index in [1.54, 1.807) is 24.3 Å². The zero-order valence-electron chi connectivity index (χ0n) is 10.8. The lowest BCUT2D eigenvalue weighted by atomic mass is 9.90. The second-order valence-electron chi connectivity index (χ2n) is 5.48. The van der Waals surface area contributed by atoms with Crippen LogP contribution in [-0.4, -0.2) is 25.4 Å². The molecule has 1 aromatic rings. The summed E-state index contributed by atoms with van der Waals surface area (Å²) < 4.78 is 24.1. The van der Waals surface area contributed by atoms with E-state index >= 15 is 0 Å². The lowest BCUT2D eigenvalue weighted by Crippen LogP contribution is -2.33. The highest BCUT2D eigenvalue weighted by Gasteiger charge is 2.28. The van der Waals surface area contributed by atoms with Gasteiger partial charge in [0, 0.05) is 0 Å². The lowest BCUT2D eigenvalue weighted by Gasteiger charge is -2.25. The SMILES string of the molecule is Cc1ccc(S(=O)(=O)C[C@@H](O)C(C)(C)C)cc1. The topological polar surface area (TPSA) is 54.4 Å². The van der Waals surface area contributed by atoms with Gasteiger partial charge in [-0.05, 0) is 24.5 Å². The monoisotopic (exact) mass is 256 g/mol. The van der Waals surface area contributed by atoms with Gasteiger partial charge in [0.05, 0.1) is 16.8 Å². The van der Waals surface area contributed by atoms with Crippen molar-refractivity contribution in [2.24, 2.45) is 5.41 Å². The second kappa shape index (κ2) is 4.78. The lowest BCUT2D eigenvalue weighted by molar-refractivity contribution is 0.0826. The van der Waals surface area contributed by atoms with Gasteiger partial charge in [0.25, 0.3) is 0 Å². The minimum absolute atomic E-state index is 0.237. The zero-order valence-corrected chi connectivity index (χ0v) is 11.6. The quantitative estimate of drug-likeness (QED) is 0.901. The van der Waals surface area contributed by atoms with Gasteiger partial charge in [0.1, 0.15) is 0 Å². The summed E-state index contributed by atoms with van der Waals surface area (Å²) in [5.41, 5.74) is 0.581. The van der Waals surface area contributed by atoms with Crippen molar-refractivity contribution >= 4 is 9.84 Å². The van der Waals surface area contributed by atoms with E-state index in [4.69, 9.17) is 0 Å². The highest BCUT2D eigenvalue weighted by atomic mass is 32.2. The molecule has 1 aromatic carbocycles. The molecule has 96 valence electrons. The molecule has 17 heavy (non-hydrogen) atoms. The third-order valence-electron chi connectivity index (χ3n) is 2.76. The van der Waals surface area contributed by atoms with E-state index < -0.39 is 21.4 Å². The van der Waals surface area contributed by atoms with E-state index in [2.05, 4.69) is 0 Å². The highest BCUT2D eigenvalue weighted by Crippen LogP contribution is 2.23. The van der Waals surface area contributed by atoms with Gasteiger partial charge in [-0.2, -0.15) is 0 Å². The largest absolute Gasteiger partial charge is 0.392 e. The fourth-order valence-electron chi connectivity index (χ4n) is 1.30. The molecule has 0 fully saturated rings. The van der Waals surface area contributed by atoms with Crippen LogP contribution in [-0.2, 0) is 9.84 Å². The molecule has 0 amide bonds. The molecule has 0 radical (unpaired) electrons. The van der Waals surface area contributed by atoms with Crippen LogP contribution in [0, 0.1) is 12.3 Å². The van der Waals surface area contributed by atoms with Gasteiger partial charge >= 0.3 is 0 Å². The molecule has 0 unspecified atom stereocenters. The molecule has 4 heteroatoms. The van der Waals surface area contributed by atoms with E-state index in [9.17, 15) is 13.5 Å². The van der Waals surface area contributed by atoms with E-state index in [1.165, 1.54) is 0 Å². The number of aliphatic hydroxyl groups is 1. The Balaban J connectivity index is 2.94. The Kier molecular flexibility index (Phi) is 3.99. The Morgan fingerprint density at radius 2 is 1.65 bits per heavy atom. The summed E-state index contributed by atoms with van der Waals surface area (Å²) >= 11 is 0. The molecule has 1 atom stereocenters. The van der Waals surface area contributed by atoms with Crippen LogP contribution in [0.25, 0.3) is 0 Å². The first-order valence-corrected chi connectivity index (χ1v) is 7.25. The van der Waals surface area contributed by atoms with Crippen LogP contribution >= 0.6 is 0 Å². The summed E-state index contributed by atoms with van der Waals surface area (Å²) in [6.45, 7) is 7.37. The summed E-state index contributed by atoms with van der Waals surface area (Å²) in [4.78, 5) is 0.270. The summed E-state index contributed by atoms with van der Waals surface area (Å²) in [7, 11) is -3.41. The minimum atomic E-state index is -3.41. The molecule has 1 N–H and O–H groups in total. The van der Waals surface area contributed by atoms with Crippen LogP contribution in [0.1, 0.15) is 26.3 Å². The number of rotatable bonds is 3. The van der Waals surface area contributed by atoms with Gasteiger partial charge in [-0.25, -0.2) is 8.42 Å². The van der Waals surface area contributed by atoms with Gasteiger partial charge in [-0.15, -0.1) is 0 Å². The molecule has 0 saturated carbocycles. The molecule has 0 aliphatic heterocycles. The van der Waals surface area contributed by atoms with Gasteiger partial charge in [0.15, 0.2) is 9.84 Å². The summed E-state index contributed by atoms with van der Waals surface area (Å²) in [6.07, 6.45) is -0.867. The van der Waals surface area contributed by atoms with Crippen LogP contribution < -0.4 is 0 Å². The molecule has 0 bridgehead atoms. The van der Waals surface area contributed by atoms with Crippen LogP contribution in [0.2, 0.25) is 0 Å². The van der Waals surface area contributed by atoms with E-state index in [-0.39, 0.29) is 10.6 Å². The maximum Gasteiger partial charge on any atom is 0.180 e. The average Bonchev–Trinajstić information content (AvgIpc) is 2.16. The molecule has 0 aliphatic rings. The normalized spacial score (nSPS) is 14.6. The van der Waals surface area contributed by atoms with Crippen molar-refractivity contribution in [1.82, 2.24) is 0 Å². The number of sulfone groups is 1. The fraction of sp³-hybridized carbons (Fsp3) is 0.538. The molecular weight excluding hydrogens is 236 g/mol. The zero-order chi connectivity index (χ0) is 13.3. The summed E-state index contributed by atoms with van der Waals surface area (Å²) in [5.74, 6) is -0.237. The third-order valence-corrected chi connectivity index (χ3v) is 4.50. The maximum atomic E-state index is 12.0. The Bertz CT molecular complexity index is 466. The molecule has 0 aliphatic carbocycles. The number of benzene rings is 1. The van der Waals surface area contributed by atoms with Crippen molar-refractivity contribution in [2.45, 2.75) is 38.7 Å². The van der Waals surface area contributed by atoms with Crippen LogP contribution in [0.15, 0.2) is 29.2 Å². The molecule has 0 aromatic heterocycles. The molecule has 1 rings (SSSR count). The first-order chi connectivity index (χ1) is 7.63. The van der Waals surface area contributed by atoms with Crippen molar-refractivity contribution < 1.29 is 13.5 Å². The number of hydrogen-bond donors (Lipinski definition) is 1. The van der Waals surface area contributed by atoms with Crippen molar-refractivity contribution in [3.05, 3.63) is 29.8 Å². The van der Waals surface area contributed by atoms with Crippen molar-refractivity contribution in [3.8, 4) is 0 Å². The Labute approximate surface area is 103 Å². The number of aliphatic hydroxyl groups excluding tert-OH is 1. The van der Waals surface area contributed by atoms with Gasteiger partial charge in [-0.3, -0.25) is 0 Å². The second-order valence-corrected chi connectivity index (χ2v) is 7.51. The third kappa shape index (κ3) is 3.82. The van der Waals surface area contributed by atoms with E-state index in [0.29, 0.717) is 0 Å². The standard InChI is InChI=1S/C13H20O3S/c1-10-5-7-11(8-6-10)17(15,16)9-12(14)13(2,3)4/h5-8,12,14H,9H2,1-4H3/t12-/m1/s1. The first-order valence-electron chi connectivity index (χ1n) is 5.60.